The number of aromatic nitrogens is 2. The molecule has 2 aromatic rings. The molecule has 3 rings (SSSR count). The standard InChI is InChI=1S/C20H18ClN5O7S/c1-12-16(20(21)25(24-12)15-6-7-34(31,32)11-15)3-5-19(28)33-10-18(27)23-17-4-2-14(26(29)30)8-13(17)9-22/h2-5,8,15H,6-7,10-11H2,1H3,(H,23,27). The van der Waals surface area contributed by atoms with Crippen molar-refractivity contribution < 1.29 is 27.7 Å². The predicted octanol–water partition coefficient (Wildman–Crippen LogP) is 2.18. The molecule has 1 aliphatic rings. The number of benzene rings is 1. The third-order valence-corrected chi connectivity index (χ3v) is 7.09. The zero-order chi connectivity index (χ0) is 25.0. The van der Waals surface area contributed by atoms with Crippen molar-refractivity contribution in [1.29, 1.82) is 5.26 Å². The zero-order valence-corrected chi connectivity index (χ0v) is 19.3. The molecular weight excluding hydrogens is 490 g/mol. The minimum atomic E-state index is -3.14. The van der Waals surface area contributed by atoms with E-state index in [1.54, 1.807) is 13.0 Å². The Balaban J connectivity index is 1.59. The van der Waals surface area contributed by atoms with Gasteiger partial charge in [-0.05, 0) is 25.5 Å². The van der Waals surface area contributed by atoms with Gasteiger partial charge in [0, 0.05) is 23.8 Å². The second kappa shape index (κ2) is 10.0. The molecule has 0 saturated carbocycles. The molecule has 1 unspecified atom stereocenters. The molecule has 1 atom stereocenters. The lowest BCUT2D eigenvalue weighted by Crippen LogP contribution is -2.20. The molecule has 1 amide bonds. The third-order valence-electron chi connectivity index (χ3n) is 4.97. The molecule has 14 heteroatoms. The van der Waals surface area contributed by atoms with Gasteiger partial charge >= 0.3 is 5.97 Å². The fourth-order valence-electron chi connectivity index (χ4n) is 3.30. The molecule has 0 bridgehead atoms. The van der Waals surface area contributed by atoms with Crippen LogP contribution in [0.1, 0.15) is 29.3 Å². The van der Waals surface area contributed by atoms with Crippen LogP contribution in [0.2, 0.25) is 5.15 Å². The number of nitro benzene ring substituents is 1. The van der Waals surface area contributed by atoms with Crippen LogP contribution in [0.5, 0.6) is 0 Å². The number of esters is 1. The van der Waals surface area contributed by atoms with Gasteiger partial charge in [0.2, 0.25) is 0 Å². The summed E-state index contributed by atoms with van der Waals surface area (Å²) < 4.78 is 29.7. The van der Waals surface area contributed by atoms with Gasteiger partial charge in [-0.1, -0.05) is 11.6 Å². The van der Waals surface area contributed by atoms with Gasteiger partial charge in [0.1, 0.15) is 11.2 Å². The van der Waals surface area contributed by atoms with Gasteiger partial charge in [0.25, 0.3) is 11.6 Å². The van der Waals surface area contributed by atoms with Crippen LogP contribution in [-0.2, 0) is 24.2 Å². The number of nitro groups is 1. The van der Waals surface area contributed by atoms with E-state index < -0.39 is 33.2 Å². The highest BCUT2D eigenvalue weighted by Crippen LogP contribution is 2.30. The van der Waals surface area contributed by atoms with Gasteiger partial charge < -0.3 is 10.1 Å². The van der Waals surface area contributed by atoms with E-state index in [4.69, 9.17) is 21.6 Å². The maximum Gasteiger partial charge on any atom is 0.331 e. The number of carbonyl (C=O) groups excluding carboxylic acids is 2. The van der Waals surface area contributed by atoms with E-state index in [0.717, 1.165) is 18.2 Å². The first-order chi connectivity index (χ1) is 16.0. The van der Waals surface area contributed by atoms with Crippen molar-refractivity contribution in [3.05, 3.63) is 56.4 Å². The number of sulfone groups is 1. The fourth-order valence-corrected chi connectivity index (χ4v) is 5.37. The van der Waals surface area contributed by atoms with Crippen molar-refractivity contribution >= 4 is 50.8 Å². The maximum atomic E-state index is 12.0. The quantitative estimate of drug-likeness (QED) is 0.255. The SMILES string of the molecule is Cc1nn(C2CCS(=O)(=O)C2)c(Cl)c1C=CC(=O)OCC(=O)Nc1ccc([N+](=O)[O-])cc1C#N. The summed E-state index contributed by atoms with van der Waals surface area (Å²) in [6.07, 6.45) is 2.80. The Labute approximate surface area is 198 Å². The number of hydrogen-bond acceptors (Lipinski definition) is 9. The number of anilines is 1. The van der Waals surface area contributed by atoms with Crippen molar-refractivity contribution in [1.82, 2.24) is 9.78 Å². The fraction of sp³-hybridized carbons (Fsp3) is 0.300. The maximum absolute atomic E-state index is 12.0. The number of non-ortho nitro benzene ring substituents is 1. The lowest BCUT2D eigenvalue weighted by molar-refractivity contribution is -0.384. The summed E-state index contributed by atoms with van der Waals surface area (Å²) in [4.78, 5) is 34.2. The molecule has 12 nitrogen and oxygen atoms in total. The lowest BCUT2D eigenvalue weighted by Gasteiger charge is -2.09. The van der Waals surface area contributed by atoms with Gasteiger partial charge in [0.05, 0.1) is 39.4 Å². The van der Waals surface area contributed by atoms with Crippen molar-refractivity contribution in [2.75, 3.05) is 23.4 Å². The molecule has 1 aliphatic heterocycles. The molecular formula is C20H18ClN5O7S. The topological polar surface area (TPSA) is 174 Å². The average Bonchev–Trinajstić information content (AvgIpc) is 3.28. The van der Waals surface area contributed by atoms with Crippen molar-refractivity contribution in [3.63, 3.8) is 0 Å². The summed E-state index contributed by atoms with van der Waals surface area (Å²) in [6.45, 7) is 0.984. The lowest BCUT2D eigenvalue weighted by atomic mass is 10.1. The molecule has 178 valence electrons. The van der Waals surface area contributed by atoms with Gasteiger partial charge in [-0.15, -0.1) is 0 Å². The molecule has 0 radical (unpaired) electrons. The van der Waals surface area contributed by atoms with E-state index in [1.165, 1.54) is 16.8 Å². The zero-order valence-electron chi connectivity index (χ0n) is 17.7. The Morgan fingerprint density at radius 3 is 2.82 bits per heavy atom. The molecule has 1 aromatic carbocycles. The van der Waals surface area contributed by atoms with Crippen LogP contribution >= 0.6 is 11.6 Å². The Morgan fingerprint density at radius 1 is 1.47 bits per heavy atom. The summed E-state index contributed by atoms with van der Waals surface area (Å²) >= 11 is 6.33. The number of amides is 1. The van der Waals surface area contributed by atoms with Crippen LogP contribution in [0.4, 0.5) is 11.4 Å². The Kier molecular flexibility index (Phi) is 7.33. The second-order valence-electron chi connectivity index (χ2n) is 7.38. The van der Waals surface area contributed by atoms with Gasteiger partial charge in [0.15, 0.2) is 16.4 Å². The highest BCUT2D eigenvalue weighted by atomic mass is 35.5. The number of carbonyl (C=O) groups is 2. The van der Waals surface area contributed by atoms with E-state index in [-0.39, 0.29) is 39.6 Å². The van der Waals surface area contributed by atoms with Crippen LogP contribution < -0.4 is 5.32 Å². The van der Waals surface area contributed by atoms with Crippen LogP contribution in [0.3, 0.4) is 0 Å². The minimum absolute atomic E-state index is 0.0356. The van der Waals surface area contributed by atoms with E-state index in [1.807, 2.05) is 0 Å². The summed E-state index contributed by atoms with van der Waals surface area (Å²) in [7, 11) is -3.14. The van der Waals surface area contributed by atoms with Crippen LogP contribution in [0.25, 0.3) is 6.08 Å². The Bertz CT molecular complexity index is 1340. The summed E-state index contributed by atoms with van der Waals surface area (Å²) in [5.41, 5.74) is 0.507. The van der Waals surface area contributed by atoms with E-state index in [0.29, 0.717) is 17.7 Å². The first kappa shape index (κ1) is 24.9. The molecule has 1 N–H and O–H groups in total. The molecule has 1 fully saturated rings. The number of nitrogens with one attached hydrogen (secondary N) is 1. The minimum Gasteiger partial charge on any atom is -0.452 e. The third kappa shape index (κ3) is 5.77. The largest absolute Gasteiger partial charge is 0.452 e. The van der Waals surface area contributed by atoms with E-state index in [9.17, 15) is 28.1 Å². The Hall–Kier alpha value is -3.76. The smallest absolute Gasteiger partial charge is 0.331 e. The van der Waals surface area contributed by atoms with Gasteiger partial charge in [-0.2, -0.15) is 10.4 Å². The molecule has 2 heterocycles. The van der Waals surface area contributed by atoms with Crippen molar-refractivity contribution in [2.24, 2.45) is 0 Å². The van der Waals surface area contributed by atoms with E-state index in [2.05, 4.69) is 10.4 Å². The van der Waals surface area contributed by atoms with Gasteiger partial charge in [-0.3, -0.25) is 14.9 Å². The number of hydrogen-bond donors (Lipinski definition) is 1. The number of nitrogens with zero attached hydrogens (tertiary/aromatic N) is 4. The number of aryl methyl sites for hydroxylation is 1. The monoisotopic (exact) mass is 507 g/mol. The van der Waals surface area contributed by atoms with E-state index >= 15 is 0 Å². The molecule has 34 heavy (non-hydrogen) atoms. The van der Waals surface area contributed by atoms with Crippen molar-refractivity contribution in [3.8, 4) is 6.07 Å². The summed E-state index contributed by atoms with van der Waals surface area (Å²) in [6, 6.07) is 4.70. The molecule has 1 saturated heterocycles. The first-order valence-electron chi connectivity index (χ1n) is 9.79. The predicted molar refractivity (Wildman–Crippen MR) is 121 cm³/mol. The number of ether oxygens (including phenoxy) is 1. The summed E-state index contributed by atoms with van der Waals surface area (Å²) in [5.74, 6) is -1.61. The molecule has 1 aromatic heterocycles. The number of nitriles is 1. The summed E-state index contributed by atoms with van der Waals surface area (Å²) in [5, 5.41) is 26.7. The van der Waals surface area contributed by atoms with Crippen molar-refractivity contribution in [2.45, 2.75) is 19.4 Å². The normalized spacial score (nSPS) is 16.8. The molecule has 0 aliphatic carbocycles. The second-order valence-corrected chi connectivity index (χ2v) is 9.97. The van der Waals surface area contributed by atoms with Gasteiger partial charge in [-0.25, -0.2) is 17.9 Å². The van der Waals surface area contributed by atoms with Crippen LogP contribution in [0, 0.1) is 28.4 Å². The molecule has 0 spiro atoms. The highest BCUT2D eigenvalue weighted by Gasteiger charge is 2.31. The number of halogens is 1. The highest BCUT2D eigenvalue weighted by molar-refractivity contribution is 7.91. The number of rotatable bonds is 7. The van der Waals surface area contributed by atoms with Crippen LogP contribution in [0.15, 0.2) is 24.3 Å². The van der Waals surface area contributed by atoms with Crippen LogP contribution in [-0.4, -0.2) is 53.1 Å². The Morgan fingerprint density at radius 2 is 2.21 bits per heavy atom. The first-order valence-corrected chi connectivity index (χ1v) is 12.0. The average molecular weight is 508 g/mol.